The van der Waals surface area contributed by atoms with E-state index in [0.717, 1.165) is 31.3 Å². The van der Waals surface area contributed by atoms with Crippen molar-refractivity contribution >= 4 is 0 Å². The summed E-state index contributed by atoms with van der Waals surface area (Å²) in [6.45, 7) is 8.61. The normalized spacial score (nSPS) is 23.9. The van der Waals surface area contributed by atoms with Crippen molar-refractivity contribution < 1.29 is 5.11 Å². The Labute approximate surface area is 99.6 Å². The first-order chi connectivity index (χ1) is 7.56. The Bertz CT molecular complexity index is 331. The minimum atomic E-state index is -0.250. The molecule has 0 spiro atoms. The van der Waals surface area contributed by atoms with Crippen LogP contribution in [0, 0.1) is 0 Å². The molecule has 0 aromatic carbocycles. The number of hydrogen-bond donors (Lipinski definition) is 1. The van der Waals surface area contributed by atoms with Crippen LogP contribution in [0.1, 0.15) is 53.4 Å². The first kappa shape index (κ1) is 13.2. The van der Waals surface area contributed by atoms with E-state index in [-0.39, 0.29) is 6.10 Å². The maximum atomic E-state index is 9.92. The van der Waals surface area contributed by atoms with Crippen LogP contribution in [0.25, 0.3) is 0 Å². The summed E-state index contributed by atoms with van der Waals surface area (Å²) in [5.41, 5.74) is 5.21. The molecule has 1 heteroatoms. The number of aliphatic hydroxyl groups excluding tert-OH is 1. The van der Waals surface area contributed by atoms with Crippen LogP contribution in [0.3, 0.4) is 0 Å². The Morgan fingerprint density at radius 3 is 2.69 bits per heavy atom. The maximum Gasteiger partial charge on any atom is 0.0789 e. The molecule has 0 aliphatic heterocycles. The van der Waals surface area contributed by atoms with Gasteiger partial charge in [-0.05, 0) is 52.0 Å². The fraction of sp³-hybridized carbons (Fsp3) is 0.600. The highest BCUT2D eigenvalue weighted by Gasteiger charge is 2.15. The van der Waals surface area contributed by atoms with Crippen molar-refractivity contribution in [2.45, 2.75) is 59.5 Å². The van der Waals surface area contributed by atoms with Crippen LogP contribution in [0.2, 0.25) is 0 Å². The summed E-state index contributed by atoms with van der Waals surface area (Å²) in [7, 11) is 0. The van der Waals surface area contributed by atoms with Gasteiger partial charge in [0.1, 0.15) is 0 Å². The highest BCUT2D eigenvalue weighted by atomic mass is 16.3. The van der Waals surface area contributed by atoms with Crippen molar-refractivity contribution in [3.63, 3.8) is 0 Å². The molecule has 1 rings (SSSR count). The average molecular weight is 220 g/mol. The minimum absolute atomic E-state index is 0.250. The van der Waals surface area contributed by atoms with Crippen molar-refractivity contribution in [2.24, 2.45) is 0 Å². The van der Waals surface area contributed by atoms with Gasteiger partial charge in [0, 0.05) is 0 Å². The van der Waals surface area contributed by atoms with Crippen LogP contribution in [-0.4, -0.2) is 11.2 Å². The fourth-order valence-electron chi connectivity index (χ4n) is 2.03. The summed E-state index contributed by atoms with van der Waals surface area (Å²) in [4.78, 5) is 0. The Kier molecular flexibility index (Phi) is 5.01. The molecule has 0 radical (unpaired) electrons. The first-order valence-corrected chi connectivity index (χ1v) is 6.28. The van der Waals surface area contributed by atoms with Crippen molar-refractivity contribution in [2.75, 3.05) is 0 Å². The van der Waals surface area contributed by atoms with E-state index in [4.69, 9.17) is 0 Å². The third kappa shape index (κ3) is 3.34. The molecule has 0 bridgehead atoms. The van der Waals surface area contributed by atoms with Crippen LogP contribution in [0.4, 0.5) is 0 Å². The largest absolute Gasteiger partial charge is 0.388 e. The van der Waals surface area contributed by atoms with Gasteiger partial charge in [-0.3, -0.25) is 0 Å². The Hall–Kier alpha value is -0.820. The third-order valence-electron chi connectivity index (χ3n) is 3.60. The highest BCUT2D eigenvalue weighted by Crippen LogP contribution is 2.26. The van der Waals surface area contributed by atoms with Crippen LogP contribution >= 0.6 is 0 Å². The van der Waals surface area contributed by atoms with Gasteiger partial charge in [0.15, 0.2) is 0 Å². The maximum absolute atomic E-state index is 9.92. The molecule has 0 aromatic heterocycles. The molecule has 0 heterocycles. The SMILES string of the molecule is CCC(C)=C(C)/C=C\C1=C(C)CCCC1O. The molecule has 1 atom stereocenters. The Morgan fingerprint density at radius 1 is 1.44 bits per heavy atom. The second kappa shape index (κ2) is 6.05. The predicted molar refractivity (Wildman–Crippen MR) is 70.4 cm³/mol. The quantitative estimate of drug-likeness (QED) is 0.708. The summed E-state index contributed by atoms with van der Waals surface area (Å²) >= 11 is 0. The molecule has 1 aliphatic rings. The third-order valence-corrected chi connectivity index (χ3v) is 3.60. The molecular formula is C15H24O. The van der Waals surface area contributed by atoms with E-state index in [0.29, 0.717) is 0 Å². The topological polar surface area (TPSA) is 20.2 Å². The predicted octanol–water partition coefficient (Wildman–Crippen LogP) is 4.15. The summed E-state index contributed by atoms with van der Waals surface area (Å²) in [5, 5.41) is 9.92. The molecule has 0 amide bonds. The molecule has 1 aliphatic carbocycles. The Balaban J connectivity index is 2.84. The van der Waals surface area contributed by atoms with E-state index in [2.05, 4.69) is 39.8 Å². The second-order valence-electron chi connectivity index (χ2n) is 4.79. The second-order valence-corrected chi connectivity index (χ2v) is 4.79. The molecule has 0 aromatic rings. The number of aliphatic hydroxyl groups is 1. The van der Waals surface area contributed by atoms with Gasteiger partial charge in [0.05, 0.1) is 6.10 Å². The van der Waals surface area contributed by atoms with Gasteiger partial charge in [0.25, 0.3) is 0 Å². The van der Waals surface area contributed by atoms with Gasteiger partial charge in [-0.1, -0.05) is 35.8 Å². The van der Waals surface area contributed by atoms with Crippen LogP contribution in [0.5, 0.6) is 0 Å². The standard InChI is InChI=1S/C15H24O/c1-5-11(2)12(3)9-10-14-13(4)7-6-8-15(14)16/h9-10,15-16H,5-8H2,1-4H3/b10-9-,12-11?. The van der Waals surface area contributed by atoms with Gasteiger partial charge < -0.3 is 5.11 Å². The van der Waals surface area contributed by atoms with Gasteiger partial charge in [-0.2, -0.15) is 0 Å². The summed E-state index contributed by atoms with van der Waals surface area (Å²) < 4.78 is 0. The molecule has 1 unspecified atom stereocenters. The summed E-state index contributed by atoms with van der Waals surface area (Å²) in [6, 6.07) is 0. The monoisotopic (exact) mass is 220 g/mol. The van der Waals surface area contributed by atoms with E-state index in [9.17, 15) is 5.11 Å². The molecule has 1 nitrogen and oxygen atoms in total. The molecule has 0 saturated heterocycles. The zero-order valence-corrected chi connectivity index (χ0v) is 11.0. The molecule has 16 heavy (non-hydrogen) atoms. The molecular weight excluding hydrogens is 196 g/mol. The lowest BCUT2D eigenvalue weighted by atomic mass is 9.89. The molecule has 90 valence electrons. The van der Waals surface area contributed by atoms with Crippen molar-refractivity contribution in [3.8, 4) is 0 Å². The van der Waals surface area contributed by atoms with E-state index >= 15 is 0 Å². The average Bonchev–Trinajstić information content (AvgIpc) is 2.27. The zero-order valence-electron chi connectivity index (χ0n) is 11.0. The number of hydrogen-bond acceptors (Lipinski definition) is 1. The van der Waals surface area contributed by atoms with Crippen molar-refractivity contribution in [3.05, 3.63) is 34.4 Å². The molecule has 0 fully saturated rings. The lowest BCUT2D eigenvalue weighted by Crippen LogP contribution is -2.14. The van der Waals surface area contributed by atoms with Gasteiger partial charge in [0.2, 0.25) is 0 Å². The van der Waals surface area contributed by atoms with E-state index in [1.807, 2.05) is 0 Å². The van der Waals surface area contributed by atoms with E-state index in [1.165, 1.54) is 16.7 Å². The minimum Gasteiger partial charge on any atom is -0.388 e. The van der Waals surface area contributed by atoms with Crippen molar-refractivity contribution in [1.82, 2.24) is 0 Å². The van der Waals surface area contributed by atoms with Crippen LogP contribution in [-0.2, 0) is 0 Å². The fourth-order valence-corrected chi connectivity index (χ4v) is 2.03. The Morgan fingerprint density at radius 2 is 2.12 bits per heavy atom. The summed E-state index contributed by atoms with van der Waals surface area (Å²) in [6.07, 6.45) is 8.25. The lowest BCUT2D eigenvalue weighted by molar-refractivity contribution is 0.193. The van der Waals surface area contributed by atoms with Crippen LogP contribution in [0.15, 0.2) is 34.4 Å². The van der Waals surface area contributed by atoms with E-state index in [1.54, 1.807) is 0 Å². The zero-order chi connectivity index (χ0) is 12.1. The molecule has 1 N–H and O–H groups in total. The first-order valence-electron chi connectivity index (χ1n) is 6.28. The van der Waals surface area contributed by atoms with Crippen LogP contribution < -0.4 is 0 Å². The lowest BCUT2D eigenvalue weighted by Gasteiger charge is -2.21. The number of rotatable bonds is 3. The van der Waals surface area contributed by atoms with Crippen molar-refractivity contribution in [1.29, 1.82) is 0 Å². The smallest absolute Gasteiger partial charge is 0.0789 e. The number of allylic oxidation sites excluding steroid dienone is 4. The van der Waals surface area contributed by atoms with Gasteiger partial charge >= 0.3 is 0 Å². The van der Waals surface area contributed by atoms with Gasteiger partial charge in [-0.25, -0.2) is 0 Å². The highest BCUT2D eigenvalue weighted by molar-refractivity contribution is 5.35. The van der Waals surface area contributed by atoms with Gasteiger partial charge in [-0.15, -0.1) is 0 Å². The van der Waals surface area contributed by atoms with E-state index < -0.39 is 0 Å². The molecule has 0 saturated carbocycles. The summed E-state index contributed by atoms with van der Waals surface area (Å²) in [5.74, 6) is 0.